The zero-order chi connectivity index (χ0) is 21.8. The number of carbonyl (C=O) groups is 1. The van der Waals surface area contributed by atoms with Crippen molar-refractivity contribution in [1.29, 1.82) is 0 Å². The molecule has 0 aliphatic carbocycles. The van der Waals surface area contributed by atoms with Gasteiger partial charge in [0.05, 0.1) is 11.4 Å². The van der Waals surface area contributed by atoms with Crippen molar-refractivity contribution in [3.8, 4) is 5.69 Å². The molecule has 3 aromatic rings. The molecule has 0 spiro atoms. The second-order valence-corrected chi connectivity index (χ2v) is 9.22. The lowest BCUT2D eigenvalue weighted by Crippen LogP contribution is -2.18. The van der Waals surface area contributed by atoms with Crippen LogP contribution in [0, 0.1) is 6.92 Å². The molecule has 0 unspecified atom stereocenters. The van der Waals surface area contributed by atoms with Crippen LogP contribution >= 0.6 is 23.4 Å². The number of hydrogen-bond acceptors (Lipinski definition) is 4. The molecule has 0 saturated heterocycles. The van der Waals surface area contributed by atoms with E-state index < -0.39 is 0 Å². The van der Waals surface area contributed by atoms with E-state index in [2.05, 4.69) is 61.4 Å². The van der Waals surface area contributed by atoms with E-state index in [1.807, 2.05) is 29.7 Å². The number of aromatic nitrogens is 3. The monoisotopic (exact) mass is 442 g/mol. The highest BCUT2D eigenvalue weighted by Crippen LogP contribution is 2.32. The molecule has 0 fully saturated rings. The minimum absolute atomic E-state index is 0.0634. The molecular formula is C23H27ClN4OS. The van der Waals surface area contributed by atoms with Crippen molar-refractivity contribution in [2.24, 2.45) is 0 Å². The van der Waals surface area contributed by atoms with Gasteiger partial charge < -0.3 is 5.32 Å². The Hall–Kier alpha value is -2.31. The molecule has 1 aromatic heterocycles. The maximum atomic E-state index is 12.8. The van der Waals surface area contributed by atoms with Crippen molar-refractivity contribution in [3.05, 3.63) is 64.4 Å². The zero-order valence-electron chi connectivity index (χ0n) is 17.9. The molecule has 3 rings (SSSR count). The van der Waals surface area contributed by atoms with Gasteiger partial charge in [0.1, 0.15) is 6.33 Å². The number of anilines is 1. The van der Waals surface area contributed by atoms with E-state index in [9.17, 15) is 4.79 Å². The van der Waals surface area contributed by atoms with Gasteiger partial charge in [0.15, 0.2) is 5.16 Å². The number of thioether (sulfide) groups is 1. The first-order valence-electron chi connectivity index (χ1n) is 10.00. The molecule has 0 saturated carbocycles. The molecule has 30 heavy (non-hydrogen) atoms. The van der Waals surface area contributed by atoms with Gasteiger partial charge in [-0.25, -0.2) is 0 Å². The van der Waals surface area contributed by atoms with Crippen LogP contribution in [-0.4, -0.2) is 26.4 Å². The fourth-order valence-electron chi connectivity index (χ4n) is 3.23. The van der Waals surface area contributed by atoms with Crippen LogP contribution in [0.15, 0.2) is 47.9 Å². The lowest BCUT2D eigenvalue weighted by Gasteiger charge is -2.20. The number of hydrogen-bond donors (Lipinski definition) is 1. The number of nitrogens with zero attached hydrogens (tertiary/aromatic N) is 3. The molecule has 0 bridgehead atoms. The molecule has 1 amide bonds. The fourth-order valence-corrected chi connectivity index (χ4v) is 4.14. The minimum atomic E-state index is -0.0634. The molecule has 2 aromatic carbocycles. The zero-order valence-corrected chi connectivity index (χ0v) is 19.5. The van der Waals surface area contributed by atoms with Gasteiger partial charge in [0, 0.05) is 10.7 Å². The predicted octanol–water partition coefficient (Wildman–Crippen LogP) is 6.21. The van der Waals surface area contributed by atoms with E-state index in [1.54, 1.807) is 6.33 Å². The summed E-state index contributed by atoms with van der Waals surface area (Å²) >= 11 is 7.61. The SMILES string of the molecule is Cc1ccc(-n2cnnc2SCC(=O)Nc2c(C(C)C)cccc2C(C)C)cc1Cl. The Bertz CT molecular complexity index is 1020. The molecular weight excluding hydrogens is 416 g/mol. The fraction of sp³-hybridized carbons (Fsp3) is 0.348. The number of carbonyl (C=O) groups excluding carboxylic acids is 1. The number of halogens is 1. The Morgan fingerprint density at radius 2 is 1.80 bits per heavy atom. The van der Waals surface area contributed by atoms with E-state index in [0.717, 1.165) is 28.1 Å². The third-order valence-electron chi connectivity index (χ3n) is 4.92. The van der Waals surface area contributed by atoms with Crippen LogP contribution in [0.2, 0.25) is 5.02 Å². The number of benzene rings is 2. The molecule has 0 aliphatic rings. The van der Waals surface area contributed by atoms with Gasteiger partial charge in [-0.3, -0.25) is 9.36 Å². The van der Waals surface area contributed by atoms with Gasteiger partial charge in [-0.05, 0) is 47.6 Å². The summed E-state index contributed by atoms with van der Waals surface area (Å²) in [4.78, 5) is 12.8. The average Bonchev–Trinajstić information content (AvgIpc) is 3.17. The number of amides is 1. The summed E-state index contributed by atoms with van der Waals surface area (Å²) in [6.45, 7) is 10.5. The van der Waals surface area contributed by atoms with Crippen LogP contribution in [0.25, 0.3) is 5.69 Å². The lowest BCUT2D eigenvalue weighted by atomic mass is 9.92. The highest BCUT2D eigenvalue weighted by Gasteiger charge is 2.17. The third kappa shape index (κ3) is 5.05. The van der Waals surface area contributed by atoms with E-state index in [4.69, 9.17) is 11.6 Å². The number of rotatable bonds is 7. The molecule has 158 valence electrons. The molecule has 0 atom stereocenters. The van der Waals surface area contributed by atoms with Crippen LogP contribution < -0.4 is 5.32 Å². The van der Waals surface area contributed by atoms with Crippen molar-refractivity contribution in [1.82, 2.24) is 14.8 Å². The second-order valence-electron chi connectivity index (χ2n) is 7.87. The van der Waals surface area contributed by atoms with Crippen LogP contribution in [0.4, 0.5) is 5.69 Å². The first kappa shape index (κ1) is 22.4. The first-order valence-corrected chi connectivity index (χ1v) is 11.4. The van der Waals surface area contributed by atoms with E-state index >= 15 is 0 Å². The molecule has 0 aliphatic heterocycles. The average molecular weight is 443 g/mol. The minimum Gasteiger partial charge on any atom is -0.325 e. The number of aryl methyl sites for hydroxylation is 1. The summed E-state index contributed by atoms with van der Waals surface area (Å²) in [6.07, 6.45) is 1.63. The Morgan fingerprint density at radius 1 is 1.13 bits per heavy atom. The van der Waals surface area contributed by atoms with Crippen LogP contribution in [0.1, 0.15) is 56.2 Å². The standard InChI is InChI=1S/C23H27ClN4OS/c1-14(2)18-7-6-8-19(15(3)4)22(18)26-21(29)12-30-23-27-25-13-28(23)17-10-9-16(5)20(24)11-17/h6-11,13-15H,12H2,1-5H3,(H,26,29). The Balaban J connectivity index is 1.76. The van der Waals surface area contributed by atoms with E-state index in [0.29, 0.717) is 22.0 Å². The second kappa shape index (κ2) is 9.67. The Kier molecular flexibility index (Phi) is 7.21. The molecule has 1 N–H and O–H groups in total. The Morgan fingerprint density at radius 3 is 2.40 bits per heavy atom. The van der Waals surface area contributed by atoms with Gasteiger partial charge in [-0.1, -0.05) is 75.3 Å². The predicted molar refractivity (Wildman–Crippen MR) is 125 cm³/mol. The first-order chi connectivity index (χ1) is 14.3. The van der Waals surface area contributed by atoms with Crippen molar-refractivity contribution in [3.63, 3.8) is 0 Å². The van der Waals surface area contributed by atoms with E-state index in [-0.39, 0.29) is 11.7 Å². The summed E-state index contributed by atoms with van der Waals surface area (Å²) in [5.41, 5.74) is 5.10. The highest BCUT2D eigenvalue weighted by molar-refractivity contribution is 7.99. The molecule has 5 nitrogen and oxygen atoms in total. The summed E-state index contributed by atoms with van der Waals surface area (Å²) < 4.78 is 1.84. The summed E-state index contributed by atoms with van der Waals surface area (Å²) in [5.74, 6) is 0.816. The normalized spacial score (nSPS) is 11.3. The van der Waals surface area contributed by atoms with Gasteiger partial charge in [0.25, 0.3) is 0 Å². The van der Waals surface area contributed by atoms with Gasteiger partial charge in [-0.2, -0.15) is 0 Å². The topological polar surface area (TPSA) is 59.8 Å². The quantitative estimate of drug-likeness (QED) is 0.442. The van der Waals surface area contributed by atoms with Crippen molar-refractivity contribution >= 4 is 35.0 Å². The smallest absolute Gasteiger partial charge is 0.234 e. The highest BCUT2D eigenvalue weighted by atomic mass is 35.5. The number of para-hydroxylation sites is 1. The molecule has 7 heteroatoms. The molecule has 1 heterocycles. The summed E-state index contributed by atoms with van der Waals surface area (Å²) in [7, 11) is 0. The summed E-state index contributed by atoms with van der Waals surface area (Å²) in [6, 6.07) is 12.0. The van der Waals surface area contributed by atoms with Gasteiger partial charge >= 0.3 is 0 Å². The summed E-state index contributed by atoms with van der Waals surface area (Å²) in [5, 5.41) is 12.6. The Labute approximate surface area is 187 Å². The van der Waals surface area contributed by atoms with Crippen LogP contribution in [0.5, 0.6) is 0 Å². The van der Waals surface area contributed by atoms with Crippen molar-refractivity contribution < 1.29 is 4.79 Å². The maximum Gasteiger partial charge on any atom is 0.234 e. The lowest BCUT2D eigenvalue weighted by molar-refractivity contribution is -0.113. The van der Waals surface area contributed by atoms with Crippen LogP contribution in [-0.2, 0) is 4.79 Å². The van der Waals surface area contributed by atoms with Crippen LogP contribution in [0.3, 0.4) is 0 Å². The van der Waals surface area contributed by atoms with Crippen molar-refractivity contribution in [2.75, 3.05) is 11.1 Å². The largest absolute Gasteiger partial charge is 0.325 e. The molecule has 0 radical (unpaired) electrons. The third-order valence-corrected chi connectivity index (χ3v) is 6.27. The van der Waals surface area contributed by atoms with Gasteiger partial charge in [0.2, 0.25) is 5.91 Å². The van der Waals surface area contributed by atoms with Gasteiger partial charge in [-0.15, -0.1) is 10.2 Å². The van der Waals surface area contributed by atoms with Crippen molar-refractivity contribution in [2.45, 2.75) is 51.6 Å². The maximum absolute atomic E-state index is 12.8. The van der Waals surface area contributed by atoms with E-state index in [1.165, 1.54) is 11.8 Å². The number of nitrogens with one attached hydrogen (secondary N) is 1.